The molecular formula is C24H30O10. The van der Waals surface area contributed by atoms with Gasteiger partial charge in [-0.05, 0) is 29.3 Å². The first-order chi connectivity index (χ1) is 16.4. The highest BCUT2D eigenvalue weighted by atomic mass is 16.7. The van der Waals surface area contributed by atoms with Crippen molar-refractivity contribution in [2.75, 3.05) is 34.0 Å². The number of hydrogen-bond donors (Lipinski definition) is 3. The van der Waals surface area contributed by atoms with Gasteiger partial charge in [-0.1, -0.05) is 30.3 Å². The Hall–Kier alpha value is -2.89. The summed E-state index contributed by atoms with van der Waals surface area (Å²) in [5.74, 6) is 1.17. The van der Waals surface area contributed by atoms with E-state index in [0.29, 0.717) is 12.2 Å². The van der Waals surface area contributed by atoms with Crippen molar-refractivity contribution in [1.29, 1.82) is 0 Å². The van der Waals surface area contributed by atoms with Crippen LogP contribution in [0.1, 0.15) is 11.1 Å². The van der Waals surface area contributed by atoms with Crippen LogP contribution in [0.5, 0.6) is 11.5 Å². The highest BCUT2D eigenvalue weighted by Crippen LogP contribution is 2.28. The molecule has 2 aromatic carbocycles. The van der Waals surface area contributed by atoms with E-state index in [9.17, 15) is 20.1 Å². The lowest BCUT2D eigenvalue weighted by molar-refractivity contribution is -0.281. The third kappa shape index (κ3) is 6.81. The van der Waals surface area contributed by atoms with Crippen LogP contribution >= 0.6 is 0 Å². The van der Waals surface area contributed by atoms with Crippen molar-refractivity contribution in [3.05, 3.63) is 59.7 Å². The molecule has 10 nitrogen and oxygen atoms in total. The molecule has 1 aliphatic rings. The molecule has 0 amide bonds. The molecule has 0 unspecified atom stereocenters. The van der Waals surface area contributed by atoms with Gasteiger partial charge in [-0.15, -0.1) is 0 Å². The Kier molecular flexibility index (Phi) is 9.49. The number of benzene rings is 2. The largest absolute Gasteiger partial charge is 0.508 e. The first kappa shape index (κ1) is 25.7. The normalized spacial score (nSPS) is 24.3. The van der Waals surface area contributed by atoms with E-state index in [0.717, 1.165) is 16.9 Å². The van der Waals surface area contributed by atoms with Gasteiger partial charge in [0.05, 0.1) is 13.7 Å². The van der Waals surface area contributed by atoms with Crippen LogP contribution in [0, 0.1) is 0 Å². The van der Waals surface area contributed by atoms with Crippen molar-refractivity contribution in [3.63, 3.8) is 0 Å². The van der Waals surface area contributed by atoms with Gasteiger partial charge in [-0.2, -0.15) is 0 Å². The number of aliphatic hydroxyl groups is 3. The SMILES string of the molecule is COCCOC(=O)OC[C@H]1O[C@@H](O)[C@H](Oc2ccccc2Cc2ccc(OC)cc2)[C@@H](O)[C@@H]1O. The first-order valence-corrected chi connectivity index (χ1v) is 10.8. The molecule has 0 bridgehead atoms. The molecule has 1 saturated heterocycles. The van der Waals surface area contributed by atoms with Gasteiger partial charge >= 0.3 is 6.16 Å². The predicted octanol–water partition coefficient (Wildman–Crippen LogP) is 1.27. The number of ether oxygens (including phenoxy) is 6. The first-order valence-electron chi connectivity index (χ1n) is 10.8. The van der Waals surface area contributed by atoms with E-state index < -0.39 is 43.5 Å². The summed E-state index contributed by atoms with van der Waals surface area (Å²) in [7, 11) is 3.06. The van der Waals surface area contributed by atoms with Crippen LogP contribution < -0.4 is 9.47 Å². The Bertz CT molecular complexity index is 903. The van der Waals surface area contributed by atoms with Crippen molar-refractivity contribution in [3.8, 4) is 11.5 Å². The maximum Gasteiger partial charge on any atom is 0.508 e. The van der Waals surface area contributed by atoms with Crippen LogP contribution in [0.4, 0.5) is 4.79 Å². The van der Waals surface area contributed by atoms with E-state index >= 15 is 0 Å². The second-order valence-electron chi connectivity index (χ2n) is 7.66. The van der Waals surface area contributed by atoms with Gasteiger partial charge in [0.15, 0.2) is 12.4 Å². The number of aliphatic hydroxyl groups excluding tert-OH is 3. The van der Waals surface area contributed by atoms with E-state index in [1.165, 1.54) is 7.11 Å². The molecular weight excluding hydrogens is 448 g/mol. The Labute approximate surface area is 197 Å². The zero-order chi connectivity index (χ0) is 24.5. The standard InChI is InChI=1S/C24H30O10/c1-29-11-12-31-24(28)32-14-19-20(25)21(26)22(23(27)34-19)33-18-6-4-3-5-16(18)13-15-7-9-17(30-2)10-8-15/h3-10,19-23,25-27H,11-14H2,1-2H3/t19-,20-,21+,22-,23-/m1/s1. The summed E-state index contributed by atoms with van der Waals surface area (Å²) in [5, 5.41) is 31.5. The summed E-state index contributed by atoms with van der Waals surface area (Å²) in [5.41, 5.74) is 1.82. The van der Waals surface area contributed by atoms with Gasteiger partial charge in [0.25, 0.3) is 0 Å². The lowest BCUT2D eigenvalue weighted by Crippen LogP contribution is -2.60. The maximum absolute atomic E-state index is 11.6. The Morgan fingerprint density at radius 1 is 0.941 bits per heavy atom. The van der Waals surface area contributed by atoms with E-state index in [2.05, 4.69) is 0 Å². The van der Waals surface area contributed by atoms with Crippen molar-refractivity contribution >= 4 is 6.16 Å². The molecule has 0 radical (unpaired) electrons. The third-order valence-corrected chi connectivity index (χ3v) is 5.32. The molecule has 3 N–H and O–H groups in total. The van der Waals surface area contributed by atoms with Crippen molar-refractivity contribution in [2.24, 2.45) is 0 Å². The molecule has 2 aromatic rings. The van der Waals surface area contributed by atoms with Gasteiger partial charge in [0.1, 0.15) is 43.0 Å². The lowest BCUT2D eigenvalue weighted by atomic mass is 9.98. The number of carbonyl (C=O) groups is 1. The molecule has 0 spiro atoms. The van der Waals surface area contributed by atoms with Crippen LogP contribution in [0.25, 0.3) is 0 Å². The maximum atomic E-state index is 11.6. The van der Waals surface area contributed by atoms with Crippen LogP contribution in [0.3, 0.4) is 0 Å². The van der Waals surface area contributed by atoms with Crippen molar-refractivity contribution < 1.29 is 48.5 Å². The molecule has 34 heavy (non-hydrogen) atoms. The minimum atomic E-state index is -1.58. The fourth-order valence-electron chi connectivity index (χ4n) is 3.46. The smallest absolute Gasteiger partial charge is 0.497 e. The summed E-state index contributed by atoms with van der Waals surface area (Å²) in [6.07, 6.45) is -7.45. The number of para-hydroxylation sites is 1. The van der Waals surface area contributed by atoms with Crippen LogP contribution in [-0.2, 0) is 25.4 Å². The number of carbonyl (C=O) groups excluding carboxylic acids is 1. The summed E-state index contributed by atoms with van der Waals surface area (Å²) in [6, 6.07) is 14.7. The average Bonchev–Trinajstić information content (AvgIpc) is 2.85. The summed E-state index contributed by atoms with van der Waals surface area (Å²) in [6.45, 7) is -0.226. The molecule has 3 rings (SSSR count). The van der Waals surface area contributed by atoms with Gasteiger partial charge < -0.3 is 43.7 Å². The predicted molar refractivity (Wildman–Crippen MR) is 119 cm³/mol. The Morgan fingerprint density at radius 2 is 1.68 bits per heavy atom. The second kappa shape index (κ2) is 12.5. The summed E-state index contributed by atoms with van der Waals surface area (Å²) in [4.78, 5) is 11.6. The van der Waals surface area contributed by atoms with E-state index in [-0.39, 0.29) is 13.2 Å². The van der Waals surface area contributed by atoms with E-state index in [1.54, 1.807) is 19.2 Å². The summed E-state index contributed by atoms with van der Waals surface area (Å²) >= 11 is 0. The number of rotatable bonds is 10. The van der Waals surface area contributed by atoms with Crippen molar-refractivity contribution in [1.82, 2.24) is 0 Å². The zero-order valence-corrected chi connectivity index (χ0v) is 19.0. The molecule has 10 heteroatoms. The zero-order valence-electron chi connectivity index (χ0n) is 19.0. The topological polar surface area (TPSA) is 133 Å². The Balaban J connectivity index is 1.61. The molecule has 0 aliphatic carbocycles. The molecule has 1 aliphatic heterocycles. The molecule has 5 atom stereocenters. The highest BCUT2D eigenvalue weighted by molar-refractivity contribution is 5.59. The third-order valence-electron chi connectivity index (χ3n) is 5.32. The number of hydrogen-bond acceptors (Lipinski definition) is 10. The van der Waals surface area contributed by atoms with Gasteiger partial charge in [-0.3, -0.25) is 0 Å². The fourth-order valence-corrected chi connectivity index (χ4v) is 3.46. The van der Waals surface area contributed by atoms with E-state index in [1.807, 2.05) is 36.4 Å². The average molecular weight is 478 g/mol. The molecule has 1 heterocycles. The molecule has 1 fully saturated rings. The quantitative estimate of drug-likeness (QED) is 0.339. The lowest BCUT2D eigenvalue weighted by Gasteiger charge is -2.40. The van der Waals surface area contributed by atoms with Gasteiger partial charge in [0, 0.05) is 13.5 Å². The minimum absolute atomic E-state index is 0.000505. The molecule has 186 valence electrons. The fraction of sp³-hybridized carbons (Fsp3) is 0.458. The van der Waals surface area contributed by atoms with Crippen LogP contribution in [-0.4, -0.2) is 86.2 Å². The van der Waals surface area contributed by atoms with E-state index in [4.69, 9.17) is 28.4 Å². The van der Waals surface area contributed by atoms with Gasteiger partial charge in [0.2, 0.25) is 0 Å². The Morgan fingerprint density at radius 3 is 2.38 bits per heavy atom. The van der Waals surface area contributed by atoms with Crippen LogP contribution in [0.2, 0.25) is 0 Å². The second-order valence-corrected chi connectivity index (χ2v) is 7.66. The highest BCUT2D eigenvalue weighted by Gasteiger charge is 2.46. The van der Waals surface area contributed by atoms with Crippen molar-refractivity contribution in [2.45, 2.75) is 37.1 Å². The molecule has 0 saturated carbocycles. The van der Waals surface area contributed by atoms with Gasteiger partial charge in [-0.25, -0.2) is 4.79 Å². The number of methoxy groups -OCH3 is 2. The monoisotopic (exact) mass is 478 g/mol. The van der Waals surface area contributed by atoms with Crippen LogP contribution in [0.15, 0.2) is 48.5 Å². The summed E-state index contributed by atoms with van der Waals surface area (Å²) < 4.78 is 30.8. The molecule has 0 aromatic heterocycles. The minimum Gasteiger partial charge on any atom is -0.497 e.